The van der Waals surface area contributed by atoms with Crippen LogP contribution in [0.3, 0.4) is 0 Å². The molecule has 0 saturated heterocycles. The number of allylic oxidation sites excluding steroid dienone is 2. The average molecular weight is 459 g/mol. The average Bonchev–Trinajstić information content (AvgIpc) is 3.02. The van der Waals surface area contributed by atoms with Crippen LogP contribution in [0.5, 0.6) is 11.5 Å². The molecular weight excluding hydrogens is 427 g/mol. The Hall–Kier alpha value is -3.61. The van der Waals surface area contributed by atoms with E-state index in [0.717, 1.165) is 16.7 Å². The third-order valence-electron chi connectivity index (χ3n) is 4.76. The van der Waals surface area contributed by atoms with Gasteiger partial charge in [-0.15, -0.1) is 0 Å². The first-order valence-electron chi connectivity index (χ1n) is 10.7. The lowest BCUT2D eigenvalue weighted by molar-refractivity contribution is -0.135. The van der Waals surface area contributed by atoms with Gasteiger partial charge in [0, 0.05) is 0 Å². The Kier molecular flexibility index (Phi) is 10.3. The number of aliphatic carboxylic acids is 1. The minimum Gasteiger partial charge on any atom is -0.493 e. The molecule has 0 unspecified atom stereocenters. The molecular formula is C26H31FO6. The van der Waals surface area contributed by atoms with Crippen molar-refractivity contribution in [1.82, 2.24) is 0 Å². The van der Waals surface area contributed by atoms with Crippen LogP contribution in [-0.4, -0.2) is 29.4 Å². The highest BCUT2D eigenvalue weighted by Crippen LogP contribution is 2.44. The van der Waals surface area contributed by atoms with Gasteiger partial charge in [0.05, 0.1) is 13.5 Å². The number of fused-ring (bicyclic) bond motifs is 1. The number of halogens is 1. The normalized spacial score (nSPS) is 12.8. The highest BCUT2D eigenvalue weighted by atomic mass is 19.1. The zero-order valence-corrected chi connectivity index (χ0v) is 20.1. The summed E-state index contributed by atoms with van der Waals surface area (Å²) in [6.07, 6.45) is 0.176. The molecule has 178 valence electrons. The van der Waals surface area contributed by atoms with E-state index >= 15 is 0 Å². The molecule has 7 heteroatoms. The van der Waals surface area contributed by atoms with E-state index in [1.807, 2.05) is 33.8 Å². The van der Waals surface area contributed by atoms with Gasteiger partial charge in [0.15, 0.2) is 11.5 Å². The molecule has 1 aliphatic rings. The standard InChI is InChI=1S/C22H19FO6.2C2H6/c1-11-6-13(8-19(28-3)21(11)29-22(26)27)7-16-12(2)17(10-20(24)25)18-9-14(23)4-5-15(16)18;2*1-2/h4-9H,10H2,1-3H3,(H,24,25)(H,26,27);2*1-2H3/b16-7-;;. The van der Waals surface area contributed by atoms with Crippen LogP contribution in [0.4, 0.5) is 9.18 Å². The van der Waals surface area contributed by atoms with Gasteiger partial charge in [-0.1, -0.05) is 33.8 Å². The number of ether oxygens (including phenoxy) is 2. The molecule has 0 fully saturated rings. The highest BCUT2D eigenvalue weighted by molar-refractivity contribution is 6.07. The number of aryl methyl sites for hydroxylation is 1. The molecule has 0 aliphatic heterocycles. The quantitative estimate of drug-likeness (QED) is 0.368. The summed E-state index contributed by atoms with van der Waals surface area (Å²) in [6, 6.07) is 7.66. The van der Waals surface area contributed by atoms with Crippen LogP contribution in [-0.2, 0) is 4.79 Å². The Labute approximate surface area is 194 Å². The third-order valence-corrected chi connectivity index (χ3v) is 4.76. The van der Waals surface area contributed by atoms with Gasteiger partial charge >= 0.3 is 12.1 Å². The van der Waals surface area contributed by atoms with E-state index in [9.17, 15) is 19.1 Å². The van der Waals surface area contributed by atoms with Crippen LogP contribution >= 0.6 is 0 Å². The van der Waals surface area contributed by atoms with Crippen LogP contribution in [0.2, 0.25) is 0 Å². The predicted molar refractivity (Wildman–Crippen MR) is 128 cm³/mol. The van der Waals surface area contributed by atoms with Crippen LogP contribution in [0.1, 0.15) is 63.3 Å². The molecule has 0 radical (unpaired) electrons. The van der Waals surface area contributed by atoms with Crippen LogP contribution in [0, 0.1) is 12.7 Å². The SMILES string of the molecule is CC.CC.COc1cc(/C=C2/C(C)=C(CC(=O)O)c3cc(F)ccc32)cc(C)c1OC(=O)O. The summed E-state index contributed by atoms with van der Waals surface area (Å²) >= 11 is 0. The topological polar surface area (TPSA) is 93.1 Å². The van der Waals surface area contributed by atoms with E-state index in [0.29, 0.717) is 22.3 Å². The number of hydrogen-bond donors (Lipinski definition) is 2. The van der Waals surface area contributed by atoms with Gasteiger partial charge in [-0.2, -0.15) is 0 Å². The lowest BCUT2D eigenvalue weighted by Gasteiger charge is -2.12. The van der Waals surface area contributed by atoms with Crippen molar-refractivity contribution in [3.8, 4) is 11.5 Å². The maximum Gasteiger partial charge on any atom is 0.511 e. The molecule has 0 heterocycles. The summed E-state index contributed by atoms with van der Waals surface area (Å²) in [6.45, 7) is 11.5. The molecule has 0 amide bonds. The van der Waals surface area contributed by atoms with Crippen molar-refractivity contribution in [2.24, 2.45) is 0 Å². The van der Waals surface area contributed by atoms with E-state index in [1.54, 1.807) is 32.0 Å². The minimum absolute atomic E-state index is 0.106. The maximum atomic E-state index is 13.8. The highest BCUT2D eigenvalue weighted by Gasteiger charge is 2.26. The van der Waals surface area contributed by atoms with Crippen LogP contribution < -0.4 is 9.47 Å². The molecule has 2 N–H and O–H groups in total. The summed E-state index contributed by atoms with van der Waals surface area (Å²) in [5.74, 6) is -1.07. The molecule has 33 heavy (non-hydrogen) atoms. The molecule has 0 bridgehead atoms. The van der Waals surface area contributed by atoms with Gasteiger partial charge in [0.1, 0.15) is 5.82 Å². The van der Waals surface area contributed by atoms with E-state index in [-0.39, 0.29) is 17.9 Å². The van der Waals surface area contributed by atoms with Gasteiger partial charge in [-0.25, -0.2) is 9.18 Å². The largest absolute Gasteiger partial charge is 0.511 e. The number of methoxy groups -OCH3 is 1. The lowest BCUT2D eigenvalue weighted by Crippen LogP contribution is -2.06. The zero-order valence-electron chi connectivity index (χ0n) is 20.1. The van der Waals surface area contributed by atoms with Crippen molar-refractivity contribution in [2.75, 3.05) is 7.11 Å². The Balaban J connectivity index is 0.00000129. The molecule has 2 aromatic carbocycles. The van der Waals surface area contributed by atoms with E-state index in [1.165, 1.54) is 19.2 Å². The monoisotopic (exact) mass is 458 g/mol. The number of carboxylic acid groups (broad SMARTS) is 2. The lowest BCUT2D eigenvalue weighted by atomic mass is 9.99. The van der Waals surface area contributed by atoms with E-state index in [2.05, 4.69) is 0 Å². The molecule has 0 saturated carbocycles. The first-order valence-corrected chi connectivity index (χ1v) is 10.7. The number of benzene rings is 2. The van der Waals surface area contributed by atoms with Crippen molar-refractivity contribution in [1.29, 1.82) is 0 Å². The van der Waals surface area contributed by atoms with Gasteiger partial charge in [-0.3, -0.25) is 4.79 Å². The van der Waals surface area contributed by atoms with E-state index < -0.39 is 17.9 Å². The number of rotatable bonds is 5. The summed E-state index contributed by atoms with van der Waals surface area (Å²) in [5, 5.41) is 18.1. The second-order valence-electron chi connectivity index (χ2n) is 6.66. The molecule has 6 nitrogen and oxygen atoms in total. The smallest absolute Gasteiger partial charge is 0.493 e. The van der Waals surface area contributed by atoms with Crippen LogP contribution in [0.15, 0.2) is 35.9 Å². The summed E-state index contributed by atoms with van der Waals surface area (Å²) in [7, 11) is 1.41. The fraction of sp³-hybridized carbons (Fsp3) is 0.308. The molecule has 1 aliphatic carbocycles. The predicted octanol–water partition coefficient (Wildman–Crippen LogP) is 7.05. The third kappa shape index (κ3) is 6.44. The molecule has 3 rings (SSSR count). The Bertz CT molecular complexity index is 1080. The fourth-order valence-corrected chi connectivity index (χ4v) is 3.52. The van der Waals surface area contributed by atoms with Crippen molar-refractivity contribution in [2.45, 2.75) is 48.0 Å². The van der Waals surface area contributed by atoms with Crippen molar-refractivity contribution in [3.63, 3.8) is 0 Å². The van der Waals surface area contributed by atoms with Crippen molar-refractivity contribution < 1.29 is 33.7 Å². The van der Waals surface area contributed by atoms with Gasteiger partial charge < -0.3 is 19.7 Å². The summed E-state index contributed by atoms with van der Waals surface area (Å²) in [4.78, 5) is 22.2. The number of carboxylic acids is 1. The number of hydrogen-bond acceptors (Lipinski definition) is 4. The minimum atomic E-state index is -1.44. The van der Waals surface area contributed by atoms with Crippen molar-refractivity contribution >= 4 is 29.3 Å². The molecule has 0 spiro atoms. The summed E-state index contributed by atoms with van der Waals surface area (Å²) in [5.41, 5.74) is 4.64. The second kappa shape index (κ2) is 12.4. The van der Waals surface area contributed by atoms with E-state index in [4.69, 9.17) is 14.6 Å². The summed E-state index contributed by atoms with van der Waals surface area (Å²) < 4.78 is 23.8. The Morgan fingerprint density at radius 3 is 2.18 bits per heavy atom. The number of carbonyl (C=O) groups is 2. The molecule has 0 atom stereocenters. The first-order chi connectivity index (χ1) is 15.7. The maximum absolute atomic E-state index is 13.8. The molecule has 0 aromatic heterocycles. The first kappa shape index (κ1) is 27.4. The Morgan fingerprint density at radius 1 is 1.00 bits per heavy atom. The van der Waals surface area contributed by atoms with Crippen LogP contribution in [0.25, 0.3) is 17.2 Å². The van der Waals surface area contributed by atoms with Gasteiger partial charge in [0.2, 0.25) is 0 Å². The van der Waals surface area contributed by atoms with Gasteiger partial charge in [-0.05, 0) is 83.2 Å². The zero-order chi connectivity index (χ0) is 25.3. The van der Waals surface area contributed by atoms with Crippen molar-refractivity contribution in [3.05, 3.63) is 64.0 Å². The second-order valence-corrected chi connectivity index (χ2v) is 6.66. The molecule has 2 aromatic rings. The van der Waals surface area contributed by atoms with Gasteiger partial charge in [0.25, 0.3) is 0 Å². The Morgan fingerprint density at radius 2 is 1.64 bits per heavy atom. The fourth-order valence-electron chi connectivity index (χ4n) is 3.52.